The first-order chi connectivity index (χ1) is 16.6. The molecule has 0 saturated carbocycles. The number of anilines is 2. The molecule has 1 amide bonds. The predicted molar refractivity (Wildman–Crippen MR) is 143 cm³/mol. The number of aromatic nitrogens is 2. The molecule has 5 rings (SSSR count). The van der Waals surface area contributed by atoms with Crippen molar-refractivity contribution < 1.29 is 4.79 Å². The van der Waals surface area contributed by atoms with Crippen LogP contribution in [-0.4, -0.2) is 28.2 Å². The van der Waals surface area contributed by atoms with Gasteiger partial charge in [-0.15, -0.1) is 0 Å². The van der Waals surface area contributed by atoms with Gasteiger partial charge in [0.2, 0.25) is 0 Å². The Hall–Kier alpha value is -3.09. The van der Waals surface area contributed by atoms with Crippen molar-refractivity contribution in [1.29, 1.82) is 0 Å². The normalized spacial score (nSPS) is 14.1. The van der Waals surface area contributed by atoms with Crippen molar-refractivity contribution in [2.75, 3.05) is 21.9 Å². The Bertz CT molecular complexity index is 1350. The fourth-order valence-electron chi connectivity index (χ4n) is 4.14. The summed E-state index contributed by atoms with van der Waals surface area (Å²) in [6, 6.07) is 19.1. The van der Waals surface area contributed by atoms with Crippen LogP contribution in [0.5, 0.6) is 0 Å². The van der Waals surface area contributed by atoms with Crippen LogP contribution in [0.3, 0.4) is 0 Å². The van der Waals surface area contributed by atoms with Gasteiger partial charge in [0, 0.05) is 41.0 Å². The highest BCUT2D eigenvalue weighted by atomic mass is 35.5. The van der Waals surface area contributed by atoms with E-state index in [1.165, 1.54) is 19.3 Å². The molecule has 1 aliphatic rings. The molecule has 0 atom stereocenters. The quantitative estimate of drug-likeness (QED) is 0.309. The molecule has 0 radical (unpaired) electrons. The molecule has 2 aromatic carbocycles. The maximum atomic E-state index is 13.1. The van der Waals surface area contributed by atoms with E-state index in [0.717, 1.165) is 45.8 Å². The minimum Gasteiger partial charge on any atom is -0.322 e. The van der Waals surface area contributed by atoms with Gasteiger partial charge in [-0.2, -0.15) is 0 Å². The fourth-order valence-corrected chi connectivity index (χ4v) is 5.43. The smallest absolute Gasteiger partial charge is 0.255 e. The summed E-state index contributed by atoms with van der Waals surface area (Å²) in [5.41, 5.74) is 6.56. The van der Waals surface area contributed by atoms with E-state index in [1.807, 2.05) is 67.4 Å². The molecule has 172 valence electrons. The van der Waals surface area contributed by atoms with Crippen LogP contribution in [0.2, 0.25) is 5.02 Å². The molecule has 0 spiro atoms. The van der Waals surface area contributed by atoms with Crippen molar-refractivity contribution in [3.05, 3.63) is 83.0 Å². The molecule has 34 heavy (non-hydrogen) atoms. The average molecular weight is 489 g/mol. The van der Waals surface area contributed by atoms with Crippen molar-refractivity contribution in [3.8, 4) is 11.3 Å². The Morgan fingerprint density at radius 2 is 1.94 bits per heavy atom. The molecular weight excluding hydrogens is 464 g/mol. The van der Waals surface area contributed by atoms with Crippen LogP contribution in [0.4, 0.5) is 11.4 Å². The fraction of sp³-hybridized carbons (Fsp3) is 0.222. The topological polar surface area (TPSA) is 58.1 Å². The number of hydrogen-bond donors (Lipinski definition) is 1. The van der Waals surface area contributed by atoms with Gasteiger partial charge in [-0.25, -0.2) is 4.98 Å². The van der Waals surface area contributed by atoms with Gasteiger partial charge in [-0.3, -0.25) is 9.78 Å². The highest BCUT2D eigenvalue weighted by Crippen LogP contribution is 2.32. The summed E-state index contributed by atoms with van der Waals surface area (Å²) in [7, 11) is 0. The van der Waals surface area contributed by atoms with Gasteiger partial charge >= 0.3 is 0 Å². The van der Waals surface area contributed by atoms with Crippen LogP contribution >= 0.6 is 23.5 Å². The minimum atomic E-state index is -0.142. The van der Waals surface area contributed by atoms with Crippen LogP contribution in [-0.2, 0) is 0 Å². The van der Waals surface area contributed by atoms with Crippen molar-refractivity contribution >= 4 is 51.9 Å². The number of amides is 1. The van der Waals surface area contributed by atoms with E-state index in [1.54, 1.807) is 12.3 Å². The molecule has 1 N–H and O–H groups in total. The van der Waals surface area contributed by atoms with Crippen LogP contribution in [0, 0.1) is 6.92 Å². The van der Waals surface area contributed by atoms with E-state index in [2.05, 4.69) is 20.7 Å². The monoisotopic (exact) mass is 488 g/mol. The third-order valence-electron chi connectivity index (χ3n) is 5.95. The molecule has 2 aromatic heterocycles. The Balaban J connectivity index is 1.37. The van der Waals surface area contributed by atoms with E-state index in [-0.39, 0.29) is 5.91 Å². The third-order valence-corrected chi connectivity index (χ3v) is 7.46. The Kier molecular flexibility index (Phi) is 6.70. The summed E-state index contributed by atoms with van der Waals surface area (Å²) in [4.78, 5) is 22.1. The van der Waals surface area contributed by atoms with E-state index in [0.29, 0.717) is 16.3 Å². The number of benzene rings is 2. The molecule has 0 unspecified atom stereocenters. The second-order valence-corrected chi connectivity index (χ2v) is 9.90. The maximum Gasteiger partial charge on any atom is 0.255 e. The highest BCUT2D eigenvalue weighted by molar-refractivity contribution is 8.00. The van der Waals surface area contributed by atoms with Crippen molar-refractivity contribution in [1.82, 2.24) is 9.97 Å². The molecular formula is C27H25ClN4OS. The number of rotatable bonds is 4. The van der Waals surface area contributed by atoms with Crippen molar-refractivity contribution in [2.24, 2.45) is 0 Å². The summed E-state index contributed by atoms with van der Waals surface area (Å²) in [6.45, 7) is 3.03. The number of pyridine rings is 2. The standard InChI is InChI=1S/C27H25ClN4OS/c1-18-16-20(32-14-3-2-4-15-34-32)8-9-21(18)27(33)30-19-7-10-23(28)22(17-19)24-11-12-25-26(31-24)6-5-13-29-25/h5-13,16-17H,2-4,14-15H2,1H3,(H,30,33). The van der Waals surface area contributed by atoms with Crippen LogP contribution in [0.1, 0.15) is 35.2 Å². The number of nitrogens with one attached hydrogen (secondary N) is 1. The second-order valence-electron chi connectivity index (χ2n) is 8.38. The van der Waals surface area contributed by atoms with Gasteiger partial charge < -0.3 is 9.62 Å². The first kappa shape index (κ1) is 22.7. The Morgan fingerprint density at radius 1 is 1.03 bits per heavy atom. The lowest BCUT2D eigenvalue weighted by atomic mass is 10.1. The largest absolute Gasteiger partial charge is 0.322 e. The third kappa shape index (κ3) is 4.88. The van der Waals surface area contributed by atoms with Crippen LogP contribution < -0.4 is 9.62 Å². The molecule has 5 nitrogen and oxygen atoms in total. The van der Waals surface area contributed by atoms with Gasteiger partial charge in [0.05, 0.1) is 21.7 Å². The highest BCUT2D eigenvalue weighted by Gasteiger charge is 2.16. The molecule has 1 saturated heterocycles. The number of fused-ring (bicyclic) bond motifs is 1. The van der Waals surface area contributed by atoms with Crippen LogP contribution in [0.15, 0.2) is 66.9 Å². The molecule has 1 aliphatic heterocycles. The molecule has 1 fully saturated rings. The number of halogens is 1. The van der Waals surface area contributed by atoms with E-state index < -0.39 is 0 Å². The number of aryl methyl sites for hydroxylation is 1. The second kappa shape index (κ2) is 10.0. The lowest BCUT2D eigenvalue weighted by Gasteiger charge is -2.22. The van der Waals surface area contributed by atoms with Gasteiger partial charge in [0.15, 0.2) is 0 Å². The predicted octanol–water partition coefficient (Wildman–Crippen LogP) is 7.15. The summed E-state index contributed by atoms with van der Waals surface area (Å²) >= 11 is 8.36. The SMILES string of the molecule is Cc1cc(N2CCCCCS2)ccc1C(=O)Nc1ccc(Cl)c(-c2ccc3ncccc3n2)c1. The Morgan fingerprint density at radius 3 is 2.82 bits per heavy atom. The number of nitrogens with zero attached hydrogens (tertiary/aromatic N) is 3. The number of carbonyl (C=O) groups excluding carboxylic acids is 1. The molecule has 4 aromatic rings. The summed E-state index contributed by atoms with van der Waals surface area (Å²) in [5.74, 6) is 1.000. The van der Waals surface area contributed by atoms with E-state index in [9.17, 15) is 4.79 Å². The van der Waals surface area contributed by atoms with Crippen LogP contribution in [0.25, 0.3) is 22.3 Å². The molecule has 7 heteroatoms. The Labute approximate surface area is 208 Å². The first-order valence-electron chi connectivity index (χ1n) is 11.4. The lowest BCUT2D eigenvalue weighted by Crippen LogP contribution is -2.17. The van der Waals surface area contributed by atoms with Gasteiger partial charge in [-0.05, 0) is 97.9 Å². The lowest BCUT2D eigenvalue weighted by molar-refractivity contribution is 0.102. The molecule has 0 bridgehead atoms. The summed E-state index contributed by atoms with van der Waals surface area (Å²) < 4.78 is 2.35. The van der Waals surface area contributed by atoms with E-state index in [4.69, 9.17) is 16.6 Å². The van der Waals surface area contributed by atoms with E-state index >= 15 is 0 Å². The number of carbonyl (C=O) groups is 1. The summed E-state index contributed by atoms with van der Waals surface area (Å²) in [6.07, 6.45) is 5.48. The van der Waals surface area contributed by atoms with Gasteiger partial charge in [0.1, 0.15) is 0 Å². The van der Waals surface area contributed by atoms with Crippen molar-refractivity contribution in [2.45, 2.75) is 26.2 Å². The minimum absolute atomic E-state index is 0.142. The zero-order valence-electron chi connectivity index (χ0n) is 18.9. The maximum absolute atomic E-state index is 13.1. The average Bonchev–Trinajstić information content (AvgIpc) is 3.14. The zero-order valence-corrected chi connectivity index (χ0v) is 20.5. The number of hydrogen-bond acceptors (Lipinski definition) is 5. The van der Waals surface area contributed by atoms with Gasteiger partial charge in [-0.1, -0.05) is 18.0 Å². The molecule has 0 aliphatic carbocycles. The van der Waals surface area contributed by atoms with Gasteiger partial charge in [0.25, 0.3) is 5.91 Å². The molecule has 3 heterocycles. The zero-order chi connectivity index (χ0) is 23.5. The first-order valence-corrected chi connectivity index (χ1v) is 12.7. The summed E-state index contributed by atoms with van der Waals surface area (Å²) in [5, 5.41) is 3.60. The van der Waals surface area contributed by atoms with Crippen molar-refractivity contribution in [3.63, 3.8) is 0 Å².